The van der Waals surface area contributed by atoms with Crippen LogP contribution in [0.4, 0.5) is 5.69 Å². The van der Waals surface area contributed by atoms with Crippen LogP contribution in [0.3, 0.4) is 0 Å². The highest BCUT2D eigenvalue weighted by Gasteiger charge is 2.23. The first-order chi connectivity index (χ1) is 14.0. The second-order valence-corrected chi connectivity index (χ2v) is 7.80. The van der Waals surface area contributed by atoms with Gasteiger partial charge in [-0.25, -0.2) is 0 Å². The minimum atomic E-state index is -0.121. The Morgan fingerprint density at radius 2 is 1.48 bits per heavy atom. The standard InChI is InChI=1S/C24H20BrNO3/c1-15-3-11-22(28-15)24(23-12-4-16(2)29-23)17-5-8-20(9-6-17)26-14-18-13-19(25)7-10-21(18)27/h3-14,24,27H,1-2H3. The Bertz CT molecular complexity index is 1110. The lowest BCUT2D eigenvalue weighted by molar-refractivity contribution is 0.428. The summed E-state index contributed by atoms with van der Waals surface area (Å²) in [6.45, 7) is 3.87. The Morgan fingerprint density at radius 1 is 0.862 bits per heavy atom. The monoisotopic (exact) mass is 449 g/mol. The van der Waals surface area contributed by atoms with Crippen molar-refractivity contribution in [2.24, 2.45) is 4.99 Å². The van der Waals surface area contributed by atoms with E-state index in [1.807, 2.05) is 68.4 Å². The van der Waals surface area contributed by atoms with E-state index >= 15 is 0 Å². The minimum Gasteiger partial charge on any atom is -0.507 e. The summed E-state index contributed by atoms with van der Waals surface area (Å²) in [5.74, 6) is 3.48. The van der Waals surface area contributed by atoms with E-state index in [-0.39, 0.29) is 11.7 Å². The van der Waals surface area contributed by atoms with Crippen molar-refractivity contribution in [1.82, 2.24) is 0 Å². The average molecular weight is 450 g/mol. The minimum absolute atomic E-state index is 0.121. The SMILES string of the molecule is Cc1ccc(C(c2ccc(N=Cc3cc(Br)ccc3O)cc2)c2ccc(C)o2)o1. The van der Waals surface area contributed by atoms with Crippen molar-refractivity contribution in [2.45, 2.75) is 19.8 Å². The van der Waals surface area contributed by atoms with Crippen LogP contribution in [0.15, 0.2) is 85.0 Å². The molecule has 0 fully saturated rings. The van der Waals surface area contributed by atoms with Crippen molar-refractivity contribution in [3.05, 3.63) is 105 Å². The summed E-state index contributed by atoms with van der Waals surface area (Å²) < 4.78 is 12.7. The number of aromatic hydroxyl groups is 1. The maximum atomic E-state index is 9.95. The molecule has 2 heterocycles. The molecule has 2 aromatic heterocycles. The summed E-state index contributed by atoms with van der Waals surface area (Å²) in [7, 11) is 0. The highest BCUT2D eigenvalue weighted by molar-refractivity contribution is 9.10. The van der Waals surface area contributed by atoms with Gasteiger partial charge in [-0.3, -0.25) is 4.99 Å². The number of phenols is 1. The van der Waals surface area contributed by atoms with Crippen molar-refractivity contribution < 1.29 is 13.9 Å². The summed E-state index contributed by atoms with van der Waals surface area (Å²) in [5, 5.41) is 9.95. The quantitative estimate of drug-likeness (QED) is 0.337. The summed E-state index contributed by atoms with van der Waals surface area (Å²) in [4.78, 5) is 4.48. The number of furan rings is 2. The number of benzene rings is 2. The largest absolute Gasteiger partial charge is 0.507 e. The van der Waals surface area contributed by atoms with Gasteiger partial charge >= 0.3 is 0 Å². The smallest absolute Gasteiger partial charge is 0.124 e. The number of nitrogens with zero attached hydrogens (tertiary/aromatic N) is 1. The molecule has 2 aromatic carbocycles. The highest BCUT2D eigenvalue weighted by Crippen LogP contribution is 2.35. The summed E-state index contributed by atoms with van der Waals surface area (Å²) >= 11 is 3.41. The summed E-state index contributed by atoms with van der Waals surface area (Å²) in [6, 6.07) is 21.1. The van der Waals surface area contributed by atoms with Crippen LogP contribution in [0, 0.1) is 13.8 Å². The van der Waals surface area contributed by atoms with E-state index in [1.54, 1.807) is 18.3 Å². The molecule has 0 saturated carbocycles. The normalized spacial score (nSPS) is 11.6. The van der Waals surface area contributed by atoms with E-state index in [0.29, 0.717) is 5.56 Å². The van der Waals surface area contributed by atoms with Crippen LogP contribution < -0.4 is 0 Å². The zero-order valence-electron chi connectivity index (χ0n) is 16.1. The van der Waals surface area contributed by atoms with Crippen LogP contribution in [-0.4, -0.2) is 11.3 Å². The van der Waals surface area contributed by atoms with E-state index in [1.165, 1.54) is 0 Å². The molecule has 0 radical (unpaired) electrons. The van der Waals surface area contributed by atoms with Gasteiger partial charge in [0.2, 0.25) is 0 Å². The highest BCUT2D eigenvalue weighted by atomic mass is 79.9. The Hall–Kier alpha value is -3.05. The molecule has 0 unspecified atom stereocenters. The first-order valence-electron chi connectivity index (χ1n) is 9.25. The van der Waals surface area contributed by atoms with E-state index in [0.717, 1.165) is 38.8 Å². The van der Waals surface area contributed by atoms with Crippen LogP contribution >= 0.6 is 15.9 Å². The molecule has 4 aromatic rings. The Labute approximate surface area is 177 Å². The lowest BCUT2D eigenvalue weighted by Gasteiger charge is -2.13. The van der Waals surface area contributed by atoms with E-state index in [9.17, 15) is 5.11 Å². The molecule has 0 bridgehead atoms. The number of aliphatic imine (C=N–C) groups is 1. The van der Waals surface area contributed by atoms with Gasteiger partial charge in [0.1, 0.15) is 34.7 Å². The molecule has 0 aliphatic rings. The molecule has 146 valence electrons. The predicted octanol–water partition coefficient (Wildman–Crippen LogP) is 6.89. The van der Waals surface area contributed by atoms with Crippen LogP contribution in [0.1, 0.15) is 40.1 Å². The maximum absolute atomic E-state index is 9.95. The third-order valence-corrected chi connectivity index (χ3v) is 5.15. The molecule has 5 heteroatoms. The molecule has 0 aliphatic carbocycles. The van der Waals surface area contributed by atoms with Gasteiger partial charge in [-0.15, -0.1) is 0 Å². The van der Waals surface area contributed by atoms with Crippen molar-refractivity contribution >= 4 is 27.8 Å². The second-order valence-electron chi connectivity index (χ2n) is 6.88. The van der Waals surface area contributed by atoms with Gasteiger partial charge < -0.3 is 13.9 Å². The molecule has 4 nitrogen and oxygen atoms in total. The van der Waals surface area contributed by atoms with Crippen LogP contribution in [-0.2, 0) is 0 Å². The number of phenolic OH excluding ortho intramolecular Hbond substituents is 1. The lowest BCUT2D eigenvalue weighted by atomic mass is 9.94. The van der Waals surface area contributed by atoms with E-state index in [4.69, 9.17) is 8.83 Å². The third kappa shape index (κ3) is 4.35. The van der Waals surface area contributed by atoms with Crippen molar-refractivity contribution in [3.63, 3.8) is 0 Å². The van der Waals surface area contributed by atoms with Gasteiger partial charge in [0.15, 0.2) is 0 Å². The second kappa shape index (κ2) is 8.13. The molecule has 29 heavy (non-hydrogen) atoms. The van der Waals surface area contributed by atoms with Gasteiger partial charge in [0.05, 0.1) is 5.69 Å². The molecule has 4 rings (SSSR count). The van der Waals surface area contributed by atoms with E-state index in [2.05, 4.69) is 20.9 Å². The third-order valence-electron chi connectivity index (χ3n) is 4.66. The molecule has 0 spiro atoms. The van der Waals surface area contributed by atoms with Crippen molar-refractivity contribution in [1.29, 1.82) is 0 Å². The fraction of sp³-hybridized carbons (Fsp3) is 0.125. The Balaban J connectivity index is 1.64. The number of hydrogen-bond acceptors (Lipinski definition) is 4. The van der Waals surface area contributed by atoms with Crippen molar-refractivity contribution in [2.75, 3.05) is 0 Å². The van der Waals surface area contributed by atoms with Crippen molar-refractivity contribution in [3.8, 4) is 5.75 Å². The zero-order chi connectivity index (χ0) is 20.4. The van der Waals surface area contributed by atoms with Gasteiger partial charge in [0.25, 0.3) is 0 Å². The number of aryl methyl sites for hydroxylation is 2. The van der Waals surface area contributed by atoms with E-state index < -0.39 is 0 Å². The van der Waals surface area contributed by atoms with Gasteiger partial charge in [-0.2, -0.15) is 0 Å². The number of hydrogen-bond donors (Lipinski definition) is 1. The van der Waals surface area contributed by atoms with Crippen LogP contribution in [0.5, 0.6) is 5.75 Å². The molecule has 0 aliphatic heterocycles. The first kappa shape index (κ1) is 19.3. The fourth-order valence-electron chi connectivity index (χ4n) is 3.21. The van der Waals surface area contributed by atoms with Gasteiger partial charge in [-0.1, -0.05) is 28.1 Å². The Kier molecular flexibility index (Phi) is 5.41. The first-order valence-corrected chi connectivity index (χ1v) is 10.0. The van der Waals surface area contributed by atoms with Crippen LogP contribution in [0.25, 0.3) is 0 Å². The zero-order valence-corrected chi connectivity index (χ0v) is 17.7. The predicted molar refractivity (Wildman–Crippen MR) is 117 cm³/mol. The summed E-state index contributed by atoms with van der Waals surface area (Å²) in [6.07, 6.45) is 1.65. The molecular formula is C24H20BrNO3. The topological polar surface area (TPSA) is 58.9 Å². The average Bonchev–Trinajstić information content (AvgIpc) is 3.32. The molecule has 1 N–H and O–H groups in total. The fourth-order valence-corrected chi connectivity index (χ4v) is 3.59. The van der Waals surface area contributed by atoms with Crippen LogP contribution in [0.2, 0.25) is 0 Å². The number of rotatable bonds is 5. The number of halogens is 1. The maximum Gasteiger partial charge on any atom is 0.124 e. The molecular weight excluding hydrogens is 430 g/mol. The Morgan fingerprint density at radius 3 is 2.03 bits per heavy atom. The van der Waals surface area contributed by atoms with Gasteiger partial charge in [-0.05, 0) is 74.0 Å². The molecule has 0 atom stereocenters. The lowest BCUT2D eigenvalue weighted by Crippen LogP contribution is -2.00. The summed E-state index contributed by atoms with van der Waals surface area (Å²) in [5.41, 5.74) is 2.49. The molecule has 0 saturated heterocycles. The molecule has 0 amide bonds. The van der Waals surface area contributed by atoms with Gasteiger partial charge in [0, 0.05) is 16.3 Å².